The first kappa shape index (κ1) is 7.62. The van der Waals surface area contributed by atoms with Crippen LogP contribution in [0.25, 0.3) is 10.8 Å². The van der Waals surface area contributed by atoms with E-state index in [0.717, 1.165) is 15.5 Å². The molecule has 0 heterocycles. The van der Waals surface area contributed by atoms with Crippen LogP contribution in [0, 0.1) is 0 Å². The minimum absolute atomic E-state index is 0.819. The molecule has 1 nitrogen and oxygen atoms in total. The van der Waals surface area contributed by atoms with Crippen LogP contribution in [-0.4, -0.2) is 0 Å². The molecule has 2 N–H and O–H groups in total. The Hall–Kier alpha value is -1.02. The fraction of sp³-hybridized carbons (Fsp3) is 0. The van der Waals surface area contributed by atoms with Gasteiger partial charge in [-0.3, -0.25) is 0 Å². The summed E-state index contributed by atoms with van der Waals surface area (Å²) in [6, 6.07) is 12.1. The van der Waals surface area contributed by atoms with Crippen molar-refractivity contribution in [3.8, 4) is 0 Å². The Morgan fingerprint density at radius 3 is 2.67 bits per heavy atom. The van der Waals surface area contributed by atoms with E-state index in [1.165, 1.54) is 5.39 Å². The van der Waals surface area contributed by atoms with E-state index in [1.807, 2.05) is 24.3 Å². The van der Waals surface area contributed by atoms with Gasteiger partial charge in [0.05, 0.1) is 0 Å². The zero-order valence-electron chi connectivity index (χ0n) is 6.42. The minimum Gasteiger partial charge on any atom is -0.398 e. The van der Waals surface area contributed by atoms with Gasteiger partial charge < -0.3 is 5.73 Å². The molecule has 0 radical (unpaired) electrons. The van der Waals surface area contributed by atoms with Crippen molar-refractivity contribution in [1.29, 1.82) is 0 Å². The number of hydrogen-bond donors (Lipinski definition) is 1. The van der Waals surface area contributed by atoms with Gasteiger partial charge in [0.25, 0.3) is 0 Å². The molecular formula is C10H8BrN. The van der Waals surface area contributed by atoms with Crippen molar-refractivity contribution in [3.63, 3.8) is 0 Å². The van der Waals surface area contributed by atoms with E-state index >= 15 is 0 Å². The van der Waals surface area contributed by atoms with Crippen molar-refractivity contribution in [2.24, 2.45) is 0 Å². The highest BCUT2D eigenvalue weighted by Crippen LogP contribution is 2.25. The predicted molar refractivity (Wildman–Crippen MR) is 56.1 cm³/mol. The average Bonchev–Trinajstić information content (AvgIpc) is 2.04. The lowest BCUT2D eigenvalue weighted by atomic mass is 10.1. The molecule has 0 atom stereocenters. The molecule has 0 fully saturated rings. The first-order valence-corrected chi connectivity index (χ1v) is 4.50. The Morgan fingerprint density at radius 2 is 1.83 bits per heavy atom. The third kappa shape index (κ3) is 1.18. The number of benzene rings is 2. The molecule has 0 spiro atoms. The van der Waals surface area contributed by atoms with Crippen LogP contribution in [0.4, 0.5) is 5.69 Å². The van der Waals surface area contributed by atoms with E-state index in [9.17, 15) is 0 Å². The van der Waals surface area contributed by atoms with Gasteiger partial charge in [0.1, 0.15) is 0 Å². The van der Waals surface area contributed by atoms with Crippen LogP contribution in [0.5, 0.6) is 0 Å². The van der Waals surface area contributed by atoms with Gasteiger partial charge in [-0.25, -0.2) is 0 Å². The molecule has 0 aliphatic heterocycles. The smallest absolute Gasteiger partial charge is 0.0405 e. The second kappa shape index (κ2) is 2.79. The largest absolute Gasteiger partial charge is 0.398 e. The summed E-state index contributed by atoms with van der Waals surface area (Å²) in [6.07, 6.45) is 0. The van der Waals surface area contributed by atoms with Crippen molar-refractivity contribution in [3.05, 3.63) is 40.9 Å². The Bertz CT molecular complexity index is 423. The second-order valence-corrected chi connectivity index (χ2v) is 3.63. The number of nitrogen functional groups attached to an aromatic ring is 1. The number of nitrogens with two attached hydrogens (primary N) is 1. The number of anilines is 1. The number of fused-ring (bicyclic) bond motifs is 1. The first-order valence-electron chi connectivity index (χ1n) is 3.71. The molecule has 0 aliphatic rings. The third-order valence-corrected chi connectivity index (χ3v) is 2.32. The van der Waals surface area contributed by atoms with Gasteiger partial charge in [0.15, 0.2) is 0 Å². The van der Waals surface area contributed by atoms with Crippen LogP contribution in [-0.2, 0) is 0 Å². The first-order chi connectivity index (χ1) is 5.77. The van der Waals surface area contributed by atoms with E-state index in [0.29, 0.717) is 0 Å². The molecule has 0 amide bonds. The molecule has 2 heteroatoms. The van der Waals surface area contributed by atoms with Gasteiger partial charge in [-0.15, -0.1) is 0 Å². The third-order valence-electron chi connectivity index (χ3n) is 1.86. The molecule has 2 rings (SSSR count). The highest BCUT2D eigenvalue weighted by Gasteiger charge is 1.97. The van der Waals surface area contributed by atoms with E-state index in [1.54, 1.807) is 0 Å². The lowest BCUT2D eigenvalue weighted by molar-refractivity contribution is 1.69. The fourth-order valence-corrected chi connectivity index (χ4v) is 1.80. The summed E-state index contributed by atoms with van der Waals surface area (Å²) in [5.74, 6) is 0. The van der Waals surface area contributed by atoms with Crippen molar-refractivity contribution in [1.82, 2.24) is 0 Å². The molecule has 0 bridgehead atoms. The van der Waals surface area contributed by atoms with Crippen molar-refractivity contribution >= 4 is 32.4 Å². The summed E-state index contributed by atoms with van der Waals surface area (Å²) in [7, 11) is 0. The van der Waals surface area contributed by atoms with Gasteiger partial charge in [0, 0.05) is 15.5 Å². The molecule has 2 aromatic rings. The van der Waals surface area contributed by atoms with Crippen molar-refractivity contribution < 1.29 is 0 Å². The van der Waals surface area contributed by atoms with Crippen LogP contribution in [0.15, 0.2) is 40.9 Å². The summed E-state index contributed by atoms with van der Waals surface area (Å²) in [6.45, 7) is 0. The van der Waals surface area contributed by atoms with Crippen LogP contribution in [0.2, 0.25) is 0 Å². The number of hydrogen-bond acceptors (Lipinski definition) is 1. The summed E-state index contributed by atoms with van der Waals surface area (Å²) in [5, 5.41) is 2.28. The SMILES string of the molecule is Nc1cc(Br)cc2ccccc12. The van der Waals surface area contributed by atoms with Crippen molar-refractivity contribution in [2.45, 2.75) is 0 Å². The quantitative estimate of drug-likeness (QED) is 0.680. The van der Waals surface area contributed by atoms with Gasteiger partial charge >= 0.3 is 0 Å². The van der Waals surface area contributed by atoms with E-state index in [4.69, 9.17) is 5.73 Å². The summed E-state index contributed by atoms with van der Waals surface area (Å²) < 4.78 is 1.03. The normalized spacial score (nSPS) is 10.4. The molecule has 12 heavy (non-hydrogen) atoms. The Balaban J connectivity index is 2.89. The monoisotopic (exact) mass is 221 g/mol. The maximum absolute atomic E-state index is 5.83. The van der Waals surface area contributed by atoms with Gasteiger partial charge in [-0.05, 0) is 17.5 Å². The fourth-order valence-electron chi connectivity index (χ4n) is 1.30. The Morgan fingerprint density at radius 1 is 1.08 bits per heavy atom. The van der Waals surface area contributed by atoms with Crippen LogP contribution < -0.4 is 5.73 Å². The van der Waals surface area contributed by atoms with Gasteiger partial charge in [0.2, 0.25) is 0 Å². The average molecular weight is 222 g/mol. The highest BCUT2D eigenvalue weighted by atomic mass is 79.9. The zero-order valence-corrected chi connectivity index (χ0v) is 8.01. The lowest BCUT2D eigenvalue weighted by Crippen LogP contribution is -1.86. The molecule has 0 saturated heterocycles. The molecule has 0 aromatic heterocycles. The molecule has 2 aromatic carbocycles. The molecule has 0 saturated carbocycles. The topological polar surface area (TPSA) is 26.0 Å². The predicted octanol–water partition coefficient (Wildman–Crippen LogP) is 3.18. The highest BCUT2D eigenvalue weighted by molar-refractivity contribution is 9.10. The van der Waals surface area contributed by atoms with Crippen LogP contribution in [0.1, 0.15) is 0 Å². The van der Waals surface area contributed by atoms with E-state index in [-0.39, 0.29) is 0 Å². The van der Waals surface area contributed by atoms with E-state index in [2.05, 4.69) is 28.1 Å². The summed E-state index contributed by atoms with van der Waals surface area (Å²) in [4.78, 5) is 0. The van der Waals surface area contributed by atoms with Crippen LogP contribution in [0.3, 0.4) is 0 Å². The number of halogens is 1. The second-order valence-electron chi connectivity index (χ2n) is 2.72. The van der Waals surface area contributed by atoms with Gasteiger partial charge in [-0.2, -0.15) is 0 Å². The number of rotatable bonds is 0. The summed E-state index contributed by atoms with van der Waals surface area (Å²) >= 11 is 3.40. The molecule has 0 aliphatic carbocycles. The Labute approximate surface area is 79.3 Å². The van der Waals surface area contributed by atoms with Crippen molar-refractivity contribution in [2.75, 3.05) is 5.73 Å². The minimum atomic E-state index is 0.819. The Kier molecular flexibility index (Phi) is 1.77. The molecule has 60 valence electrons. The zero-order chi connectivity index (χ0) is 8.55. The van der Waals surface area contributed by atoms with Gasteiger partial charge in [-0.1, -0.05) is 40.2 Å². The standard InChI is InChI=1S/C10H8BrN/c11-8-5-7-3-1-2-4-9(7)10(12)6-8/h1-6H,12H2. The lowest BCUT2D eigenvalue weighted by Gasteiger charge is -2.01. The molecule has 0 unspecified atom stereocenters. The maximum Gasteiger partial charge on any atom is 0.0405 e. The van der Waals surface area contributed by atoms with Crippen LogP contribution >= 0.6 is 15.9 Å². The summed E-state index contributed by atoms with van der Waals surface area (Å²) in [5.41, 5.74) is 6.65. The molecular weight excluding hydrogens is 214 g/mol. The maximum atomic E-state index is 5.83. The van der Waals surface area contributed by atoms with E-state index < -0.39 is 0 Å².